The zero-order valence-electron chi connectivity index (χ0n) is 14.8. The first-order valence-corrected chi connectivity index (χ1v) is 9.36. The highest BCUT2D eigenvalue weighted by atomic mass is 35.5. The van der Waals surface area contributed by atoms with Crippen molar-refractivity contribution >= 4 is 35.1 Å². The molecule has 140 valence electrons. The first kappa shape index (κ1) is 17.7. The maximum atomic E-state index is 12.2. The van der Waals surface area contributed by atoms with Crippen LogP contribution in [0.2, 0.25) is 5.02 Å². The van der Waals surface area contributed by atoms with Crippen molar-refractivity contribution in [2.24, 2.45) is 0 Å². The van der Waals surface area contributed by atoms with Crippen molar-refractivity contribution in [3.8, 4) is 11.5 Å². The van der Waals surface area contributed by atoms with Gasteiger partial charge in [0.15, 0.2) is 11.5 Å². The molecule has 1 N–H and O–H groups in total. The van der Waals surface area contributed by atoms with Crippen LogP contribution in [0, 0.1) is 0 Å². The molecule has 0 bridgehead atoms. The van der Waals surface area contributed by atoms with Gasteiger partial charge < -0.3 is 19.7 Å². The zero-order valence-corrected chi connectivity index (χ0v) is 15.5. The summed E-state index contributed by atoms with van der Waals surface area (Å²) in [4.78, 5) is 18.9. The van der Waals surface area contributed by atoms with Crippen LogP contribution in [0.1, 0.15) is 18.4 Å². The molecule has 1 aromatic carbocycles. The molecule has 0 spiro atoms. The SMILES string of the molecule is O=C(/C=C/c1cc(Cl)c2c(c1)OCCO2)Nc1ccc(N2CCCC2)nc1. The molecule has 7 heteroatoms. The van der Waals surface area contributed by atoms with E-state index in [9.17, 15) is 4.79 Å². The van der Waals surface area contributed by atoms with Gasteiger partial charge in [0.2, 0.25) is 5.91 Å². The predicted octanol–water partition coefficient (Wildman–Crippen LogP) is 3.76. The minimum Gasteiger partial charge on any atom is -0.486 e. The monoisotopic (exact) mass is 385 g/mol. The Morgan fingerprint density at radius 1 is 1.19 bits per heavy atom. The van der Waals surface area contributed by atoms with Crippen molar-refractivity contribution in [3.05, 3.63) is 47.1 Å². The number of nitrogens with zero attached hydrogens (tertiary/aromatic N) is 2. The summed E-state index contributed by atoms with van der Waals surface area (Å²) in [6.07, 6.45) is 7.23. The van der Waals surface area contributed by atoms with Crippen LogP contribution in [0.15, 0.2) is 36.5 Å². The molecule has 1 fully saturated rings. The number of carbonyl (C=O) groups is 1. The fourth-order valence-corrected chi connectivity index (χ4v) is 3.45. The Balaban J connectivity index is 1.39. The average molecular weight is 386 g/mol. The summed E-state index contributed by atoms with van der Waals surface area (Å²) in [6, 6.07) is 7.35. The van der Waals surface area contributed by atoms with Crippen LogP contribution >= 0.6 is 11.6 Å². The second-order valence-electron chi connectivity index (χ2n) is 6.45. The number of pyridine rings is 1. The van der Waals surface area contributed by atoms with Crippen molar-refractivity contribution in [2.45, 2.75) is 12.8 Å². The molecular weight excluding hydrogens is 366 g/mol. The summed E-state index contributed by atoms with van der Waals surface area (Å²) in [5.41, 5.74) is 1.43. The minimum atomic E-state index is -0.239. The van der Waals surface area contributed by atoms with E-state index in [-0.39, 0.29) is 5.91 Å². The number of hydrogen-bond donors (Lipinski definition) is 1. The maximum Gasteiger partial charge on any atom is 0.248 e. The lowest BCUT2D eigenvalue weighted by Crippen LogP contribution is -2.19. The quantitative estimate of drug-likeness (QED) is 0.812. The Kier molecular flexibility index (Phi) is 5.16. The molecule has 0 atom stereocenters. The van der Waals surface area contributed by atoms with E-state index in [1.165, 1.54) is 18.9 Å². The Morgan fingerprint density at radius 3 is 2.78 bits per heavy atom. The van der Waals surface area contributed by atoms with Crippen LogP contribution in [0.25, 0.3) is 6.08 Å². The molecule has 1 saturated heterocycles. The Hall–Kier alpha value is -2.73. The molecule has 2 aliphatic rings. The standard InChI is InChI=1S/C20H20ClN3O3/c21-16-11-14(12-17-20(16)27-10-9-26-17)3-6-19(25)23-15-4-5-18(22-13-15)24-7-1-2-8-24/h3-6,11-13H,1-2,7-10H2,(H,23,25)/b6-3+. The van der Waals surface area contributed by atoms with Crippen molar-refractivity contribution in [1.29, 1.82) is 0 Å². The Morgan fingerprint density at radius 2 is 2.00 bits per heavy atom. The van der Waals surface area contributed by atoms with E-state index in [0.29, 0.717) is 35.4 Å². The van der Waals surface area contributed by atoms with Gasteiger partial charge >= 0.3 is 0 Å². The first-order valence-electron chi connectivity index (χ1n) is 8.98. The number of halogens is 1. The van der Waals surface area contributed by atoms with Crippen LogP contribution in [-0.4, -0.2) is 37.2 Å². The summed E-state index contributed by atoms with van der Waals surface area (Å²) in [6.45, 7) is 3.05. The van der Waals surface area contributed by atoms with Gasteiger partial charge in [0, 0.05) is 19.2 Å². The van der Waals surface area contributed by atoms with Crippen LogP contribution < -0.4 is 19.7 Å². The summed E-state index contributed by atoms with van der Waals surface area (Å²) in [5.74, 6) is 1.85. The molecular formula is C20H20ClN3O3. The van der Waals surface area contributed by atoms with Crippen molar-refractivity contribution in [1.82, 2.24) is 4.98 Å². The van der Waals surface area contributed by atoms with Gasteiger partial charge in [-0.15, -0.1) is 0 Å². The third-order valence-corrected chi connectivity index (χ3v) is 4.77. The molecule has 2 aliphatic heterocycles. The van der Waals surface area contributed by atoms with Crippen LogP contribution in [-0.2, 0) is 4.79 Å². The van der Waals surface area contributed by atoms with Gasteiger partial charge in [-0.1, -0.05) is 11.6 Å². The second kappa shape index (κ2) is 7.88. The fraction of sp³-hybridized carbons (Fsp3) is 0.300. The van der Waals surface area contributed by atoms with E-state index in [2.05, 4.69) is 15.2 Å². The first-order chi connectivity index (χ1) is 13.2. The lowest BCUT2D eigenvalue weighted by Gasteiger charge is -2.19. The van der Waals surface area contributed by atoms with Crippen molar-refractivity contribution in [3.63, 3.8) is 0 Å². The van der Waals surface area contributed by atoms with Gasteiger partial charge in [-0.3, -0.25) is 4.79 Å². The molecule has 6 nitrogen and oxygen atoms in total. The molecule has 0 unspecified atom stereocenters. The fourth-order valence-electron chi connectivity index (χ4n) is 3.18. The number of hydrogen-bond acceptors (Lipinski definition) is 5. The number of nitrogens with one attached hydrogen (secondary N) is 1. The Bertz CT molecular complexity index is 862. The molecule has 3 heterocycles. The van der Waals surface area contributed by atoms with Crippen LogP contribution in [0.5, 0.6) is 11.5 Å². The molecule has 27 heavy (non-hydrogen) atoms. The van der Waals surface area contributed by atoms with E-state index in [1.807, 2.05) is 12.1 Å². The predicted molar refractivity (Wildman–Crippen MR) is 106 cm³/mol. The Labute approximate surface area is 162 Å². The molecule has 1 amide bonds. The van der Waals surface area contributed by atoms with Gasteiger partial charge in [0.1, 0.15) is 19.0 Å². The highest BCUT2D eigenvalue weighted by Crippen LogP contribution is 2.38. The van der Waals surface area contributed by atoms with Crippen LogP contribution in [0.4, 0.5) is 11.5 Å². The molecule has 0 saturated carbocycles. The number of ether oxygens (including phenoxy) is 2. The summed E-state index contributed by atoms with van der Waals surface area (Å²) < 4.78 is 11.0. The summed E-state index contributed by atoms with van der Waals surface area (Å²) in [5, 5.41) is 3.28. The van der Waals surface area contributed by atoms with Gasteiger partial charge in [0.05, 0.1) is 16.9 Å². The lowest BCUT2D eigenvalue weighted by atomic mass is 10.1. The van der Waals surface area contributed by atoms with E-state index < -0.39 is 0 Å². The third-order valence-electron chi connectivity index (χ3n) is 4.49. The summed E-state index contributed by atoms with van der Waals surface area (Å²) >= 11 is 6.21. The van der Waals surface area contributed by atoms with E-state index in [0.717, 1.165) is 24.5 Å². The molecule has 2 aromatic rings. The molecule has 1 aromatic heterocycles. The number of aromatic nitrogens is 1. The van der Waals surface area contributed by atoms with Crippen LogP contribution in [0.3, 0.4) is 0 Å². The summed E-state index contributed by atoms with van der Waals surface area (Å²) in [7, 11) is 0. The lowest BCUT2D eigenvalue weighted by molar-refractivity contribution is -0.111. The minimum absolute atomic E-state index is 0.239. The normalized spacial score (nSPS) is 16.0. The second-order valence-corrected chi connectivity index (χ2v) is 6.86. The third kappa shape index (κ3) is 4.17. The van der Waals surface area contributed by atoms with E-state index >= 15 is 0 Å². The molecule has 0 radical (unpaired) electrons. The van der Waals surface area contributed by atoms with Gasteiger partial charge in [-0.25, -0.2) is 4.98 Å². The van der Waals surface area contributed by atoms with Gasteiger partial charge in [-0.2, -0.15) is 0 Å². The average Bonchev–Trinajstić information content (AvgIpc) is 3.22. The number of benzene rings is 1. The zero-order chi connectivity index (χ0) is 18.6. The van der Waals surface area contributed by atoms with Crippen molar-refractivity contribution in [2.75, 3.05) is 36.5 Å². The smallest absolute Gasteiger partial charge is 0.248 e. The number of carbonyl (C=O) groups excluding carboxylic acids is 1. The van der Waals surface area contributed by atoms with E-state index in [1.54, 1.807) is 24.4 Å². The number of rotatable bonds is 4. The number of anilines is 2. The maximum absolute atomic E-state index is 12.2. The molecule has 4 rings (SSSR count). The number of fused-ring (bicyclic) bond motifs is 1. The largest absolute Gasteiger partial charge is 0.486 e. The van der Waals surface area contributed by atoms with Crippen molar-refractivity contribution < 1.29 is 14.3 Å². The van der Waals surface area contributed by atoms with Gasteiger partial charge in [-0.05, 0) is 48.7 Å². The highest BCUT2D eigenvalue weighted by Gasteiger charge is 2.16. The highest BCUT2D eigenvalue weighted by molar-refractivity contribution is 6.32. The van der Waals surface area contributed by atoms with E-state index in [4.69, 9.17) is 21.1 Å². The van der Waals surface area contributed by atoms with Gasteiger partial charge in [0.25, 0.3) is 0 Å². The number of amides is 1. The topological polar surface area (TPSA) is 63.7 Å². The molecule has 0 aliphatic carbocycles.